The molecule has 0 saturated heterocycles. The lowest BCUT2D eigenvalue weighted by Crippen LogP contribution is -2.16. The summed E-state index contributed by atoms with van der Waals surface area (Å²) >= 11 is 4.92. The van der Waals surface area contributed by atoms with Gasteiger partial charge in [0, 0.05) is 5.56 Å². The van der Waals surface area contributed by atoms with Gasteiger partial charge in [0.2, 0.25) is 10.7 Å². The van der Waals surface area contributed by atoms with Gasteiger partial charge in [-0.3, -0.25) is 9.89 Å². The summed E-state index contributed by atoms with van der Waals surface area (Å²) < 4.78 is 1.47. The van der Waals surface area contributed by atoms with E-state index in [2.05, 4.69) is 10.2 Å². The van der Waals surface area contributed by atoms with Gasteiger partial charge in [-0.25, -0.2) is 14.5 Å². The third-order valence-corrected chi connectivity index (χ3v) is 2.36. The molecular weight excluding hydrogens is 228 g/mol. The Morgan fingerprint density at radius 2 is 2.12 bits per heavy atom. The highest BCUT2D eigenvalue weighted by Crippen LogP contribution is 2.08. The van der Waals surface area contributed by atoms with Crippen LogP contribution < -0.4 is 11.4 Å². The number of carbonyl (C=O) groups excluding carboxylic acids is 1. The molecule has 0 aliphatic heterocycles. The van der Waals surface area contributed by atoms with Crippen LogP contribution in [0, 0.1) is 4.77 Å². The zero-order valence-electron chi connectivity index (χ0n) is 8.06. The lowest BCUT2D eigenvalue weighted by molar-refractivity contribution is 0.100. The standard InChI is InChI=1S/C9H8N4O2S/c10-7(14)5-2-1-3-6(4-5)13-8(15)11-12-9(13)16/h1-4H,(H2,10,14)(H,11,15)(H,12,16). The maximum Gasteiger partial charge on any atom is 0.347 e. The lowest BCUT2D eigenvalue weighted by atomic mass is 10.2. The van der Waals surface area contributed by atoms with Gasteiger partial charge < -0.3 is 5.73 Å². The first-order chi connectivity index (χ1) is 7.59. The van der Waals surface area contributed by atoms with Crippen molar-refractivity contribution >= 4 is 18.1 Å². The molecule has 0 aliphatic rings. The second-order valence-corrected chi connectivity index (χ2v) is 3.50. The monoisotopic (exact) mass is 236 g/mol. The minimum Gasteiger partial charge on any atom is -0.366 e. The van der Waals surface area contributed by atoms with E-state index in [1.54, 1.807) is 18.2 Å². The van der Waals surface area contributed by atoms with Crippen LogP contribution in [0.4, 0.5) is 0 Å². The Kier molecular flexibility index (Phi) is 2.45. The SMILES string of the molecule is NC(=O)c1cccc(-n2c(=O)[nH][nH]c2=S)c1. The van der Waals surface area contributed by atoms with Crippen LogP contribution in [0.2, 0.25) is 0 Å². The smallest absolute Gasteiger partial charge is 0.347 e. The van der Waals surface area contributed by atoms with Crippen molar-refractivity contribution in [1.29, 1.82) is 0 Å². The summed E-state index contributed by atoms with van der Waals surface area (Å²) in [6.45, 7) is 0. The number of aromatic amines is 2. The molecule has 82 valence electrons. The molecule has 4 N–H and O–H groups in total. The molecule has 0 fully saturated rings. The van der Waals surface area contributed by atoms with Crippen molar-refractivity contribution in [3.05, 3.63) is 45.1 Å². The number of nitrogens with zero attached hydrogens (tertiary/aromatic N) is 1. The summed E-state index contributed by atoms with van der Waals surface area (Å²) in [5.74, 6) is -0.555. The minimum absolute atomic E-state index is 0.228. The van der Waals surface area contributed by atoms with Crippen LogP contribution in [0.1, 0.15) is 10.4 Å². The van der Waals surface area contributed by atoms with E-state index in [1.165, 1.54) is 10.6 Å². The highest BCUT2D eigenvalue weighted by molar-refractivity contribution is 7.71. The van der Waals surface area contributed by atoms with E-state index in [4.69, 9.17) is 18.0 Å². The van der Waals surface area contributed by atoms with Gasteiger partial charge in [-0.1, -0.05) is 6.07 Å². The molecule has 0 spiro atoms. The lowest BCUT2D eigenvalue weighted by Gasteiger charge is -2.01. The average Bonchev–Trinajstić information content (AvgIpc) is 2.59. The molecule has 1 aromatic heterocycles. The summed E-state index contributed by atoms with van der Waals surface area (Å²) in [6.07, 6.45) is 0. The molecule has 0 atom stereocenters. The number of H-pyrrole nitrogens is 2. The van der Waals surface area contributed by atoms with Crippen molar-refractivity contribution in [2.45, 2.75) is 0 Å². The van der Waals surface area contributed by atoms with Gasteiger partial charge in [0.05, 0.1) is 5.69 Å². The van der Waals surface area contributed by atoms with E-state index in [9.17, 15) is 9.59 Å². The van der Waals surface area contributed by atoms with E-state index >= 15 is 0 Å². The third kappa shape index (κ3) is 1.68. The van der Waals surface area contributed by atoms with Crippen molar-refractivity contribution in [3.63, 3.8) is 0 Å². The fourth-order valence-corrected chi connectivity index (χ4v) is 1.58. The normalized spacial score (nSPS) is 10.2. The first-order valence-corrected chi connectivity index (χ1v) is 4.80. The first-order valence-electron chi connectivity index (χ1n) is 4.39. The van der Waals surface area contributed by atoms with Crippen molar-refractivity contribution in [1.82, 2.24) is 14.8 Å². The number of hydrogen-bond donors (Lipinski definition) is 3. The molecule has 2 rings (SSSR count). The maximum absolute atomic E-state index is 11.4. The molecule has 1 heterocycles. The Labute approximate surface area is 94.7 Å². The van der Waals surface area contributed by atoms with Crippen LogP contribution in [0.15, 0.2) is 29.1 Å². The molecule has 6 nitrogen and oxygen atoms in total. The predicted molar refractivity (Wildman–Crippen MR) is 60.1 cm³/mol. The van der Waals surface area contributed by atoms with Gasteiger partial charge in [0.25, 0.3) is 0 Å². The number of primary amides is 1. The van der Waals surface area contributed by atoms with Gasteiger partial charge in [-0.05, 0) is 30.4 Å². The fraction of sp³-hybridized carbons (Fsp3) is 0. The van der Waals surface area contributed by atoms with Crippen LogP contribution in [-0.2, 0) is 0 Å². The Hall–Kier alpha value is -2.15. The molecular formula is C9H8N4O2S. The van der Waals surface area contributed by atoms with Crippen molar-refractivity contribution in [3.8, 4) is 5.69 Å². The first kappa shape index (κ1) is 10.4. The zero-order valence-corrected chi connectivity index (χ0v) is 8.88. The van der Waals surface area contributed by atoms with Crippen LogP contribution >= 0.6 is 12.2 Å². The number of nitrogens with one attached hydrogen (secondary N) is 2. The fourth-order valence-electron chi connectivity index (χ4n) is 1.34. The number of benzene rings is 1. The summed E-state index contributed by atoms with van der Waals surface area (Å²) in [7, 11) is 0. The number of carbonyl (C=O) groups is 1. The number of nitrogens with two attached hydrogens (primary N) is 1. The quantitative estimate of drug-likeness (QED) is 0.655. The summed E-state index contributed by atoms with van der Waals surface area (Å²) in [5, 5.41) is 4.85. The Morgan fingerprint density at radius 3 is 2.69 bits per heavy atom. The van der Waals surface area contributed by atoms with Crippen LogP contribution in [0.5, 0.6) is 0 Å². The van der Waals surface area contributed by atoms with E-state index in [0.717, 1.165) is 0 Å². The van der Waals surface area contributed by atoms with Crippen molar-refractivity contribution in [2.24, 2.45) is 5.73 Å². The van der Waals surface area contributed by atoms with Gasteiger partial charge in [0.1, 0.15) is 0 Å². The summed E-state index contributed by atoms with van der Waals surface area (Å²) in [4.78, 5) is 22.4. The molecule has 0 saturated carbocycles. The molecule has 2 aromatic rings. The van der Waals surface area contributed by atoms with Gasteiger partial charge in [-0.15, -0.1) is 0 Å². The second-order valence-electron chi connectivity index (χ2n) is 3.11. The van der Waals surface area contributed by atoms with Gasteiger partial charge >= 0.3 is 5.69 Å². The molecule has 0 aliphatic carbocycles. The topological polar surface area (TPSA) is 96.7 Å². The van der Waals surface area contributed by atoms with E-state index in [-0.39, 0.29) is 4.77 Å². The zero-order chi connectivity index (χ0) is 11.7. The molecule has 0 unspecified atom stereocenters. The highest BCUT2D eigenvalue weighted by Gasteiger charge is 2.06. The molecule has 7 heteroatoms. The number of rotatable bonds is 2. The molecule has 0 radical (unpaired) electrons. The van der Waals surface area contributed by atoms with Crippen molar-refractivity contribution in [2.75, 3.05) is 0 Å². The largest absolute Gasteiger partial charge is 0.366 e. The van der Waals surface area contributed by atoms with E-state index < -0.39 is 11.6 Å². The van der Waals surface area contributed by atoms with E-state index in [1.807, 2.05) is 0 Å². The van der Waals surface area contributed by atoms with Crippen LogP contribution in [0.25, 0.3) is 5.69 Å². The maximum atomic E-state index is 11.4. The molecule has 1 amide bonds. The highest BCUT2D eigenvalue weighted by atomic mass is 32.1. The molecule has 0 bridgehead atoms. The van der Waals surface area contributed by atoms with Gasteiger partial charge in [0.15, 0.2) is 0 Å². The van der Waals surface area contributed by atoms with Crippen LogP contribution in [0.3, 0.4) is 0 Å². The molecule has 16 heavy (non-hydrogen) atoms. The molecule has 1 aromatic carbocycles. The average molecular weight is 236 g/mol. The number of amides is 1. The Morgan fingerprint density at radius 1 is 1.38 bits per heavy atom. The second kappa shape index (κ2) is 3.78. The Balaban J connectivity index is 2.66. The van der Waals surface area contributed by atoms with Crippen molar-refractivity contribution < 1.29 is 4.79 Å². The van der Waals surface area contributed by atoms with Crippen LogP contribution in [-0.4, -0.2) is 20.7 Å². The van der Waals surface area contributed by atoms with E-state index in [0.29, 0.717) is 11.3 Å². The predicted octanol–water partition coefficient (Wildman–Crippen LogP) is 0.322. The minimum atomic E-state index is -0.555. The number of aromatic nitrogens is 3. The van der Waals surface area contributed by atoms with Gasteiger partial charge in [-0.2, -0.15) is 0 Å². The third-order valence-electron chi connectivity index (χ3n) is 2.07. The summed E-state index contributed by atoms with van der Waals surface area (Å²) in [6, 6.07) is 6.35. The Bertz CT molecular complexity index is 624. The number of hydrogen-bond acceptors (Lipinski definition) is 3. The summed E-state index contributed by atoms with van der Waals surface area (Å²) in [5.41, 5.74) is 5.56.